The Balaban J connectivity index is 1.55. The maximum atomic E-state index is 12.7. The third-order valence-corrected chi connectivity index (χ3v) is 4.40. The number of ether oxygens (including phenoxy) is 1. The lowest BCUT2D eigenvalue weighted by Gasteiger charge is -2.32. The highest BCUT2D eigenvalue weighted by Crippen LogP contribution is 2.16. The van der Waals surface area contributed by atoms with Crippen LogP contribution in [-0.2, 0) is 17.6 Å². The Bertz CT molecular complexity index is 744. The molecule has 1 amide bonds. The van der Waals surface area contributed by atoms with E-state index in [4.69, 9.17) is 9.26 Å². The number of hydrogen-bond donors (Lipinski definition) is 0. The molecule has 1 atom stereocenters. The van der Waals surface area contributed by atoms with Crippen molar-refractivity contribution in [3.63, 3.8) is 0 Å². The molecule has 1 aliphatic heterocycles. The van der Waals surface area contributed by atoms with Crippen molar-refractivity contribution in [2.24, 2.45) is 5.92 Å². The number of morpholine rings is 1. The van der Waals surface area contributed by atoms with E-state index in [9.17, 15) is 4.79 Å². The van der Waals surface area contributed by atoms with E-state index in [1.165, 1.54) is 0 Å². The molecular formula is C19H26N4O3. The van der Waals surface area contributed by atoms with Gasteiger partial charge in [-0.05, 0) is 38.2 Å². The smallest absolute Gasteiger partial charge is 0.292 e. The first-order valence-corrected chi connectivity index (χ1v) is 9.15. The third-order valence-electron chi connectivity index (χ3n) is 4.40. The van der Waals surface area contributed by atoms with Gasteiger partial charge in [0, 0.05) is 30.5 Å². The Morgan fingerprint density at radius 3 is 2.92 bits per heavy atom. The van der Waals surface area contributed by atoms with Gasteiger partial charge in [0.15, 0.2) is 0 Å². The Kier molecular flexibility index (Phi) is 5.98. The molecule has 0 bridgehead atoms. The molecule has 3 heterocycles. The van der Waals surface area contributed by atoms with Crippen molar-refractivity contribution in [2.45, 2.75) is 46.1 Å². The second kappa shape index (κ2) is 8.40. The normalized spacial score (nSPS) is 17.7. The molecule has 7 heteroatoms. The van der Waals surface area contributed by atoms with E-state index in [1.54, 1.807) is 17.3 Å². The first-order valence-electron chi connectivity index (χ1n) is 9.15. The summed E-state index contributed by atoms with van der Waals surface area (Å²) < 4.78 is 11.1. The second-order valence-corrected chi connectivity index (χ2v) is 7.21. The van der Waals surface area contributed by atoms with Crippen molar-refractivity contribution in [2.75, 3.05) is 19.7 Å². The average molecular weight is 358 g/mol. The maximum absolute atomic E-state index is 12.7. The Labute approximate surface area is 153 Å². The second-order valence-electron chi connectivity index (χ2n) is 7.21. The van der Waals surface area contributed by atoms with E-state index < -0.39 is 0 Å². The van der Waals surface area contributed by atoms with Crippen molar-refractivity contribution in [3.05, 3.63) is 41.3 Å². The minimum atomic E-state index is -0.112. The first kappa shape index (κ1) is 18.5. The van der Waals surface area contributed by atoms with Gasteiger partial charge < -0.3 is 14.2 Å². The SMILES string of the molecule is Cc1cc(CC[C@@H]2CN(C(=O)c3cc(CC(C)C)no3)CCO2)ncn1. The summed E-state index contributed by atoms with van der Waals surface area (Å²) in [6.07, 6.45) is 4.01. The standard InChI is InChI=1S/C19H26N4O3/c1-13(2)8-16-10-18(26-22-16)19(24)23-6-7-25-17(11-23)5-4-15-9-14(3)20-12-21-15/h9-10,12-13,17H,4-8,11H2,1-3H3/t17-/m1/s1. The monoisotopic (exact) mass is 358 g/mol. The third kappa shape index (κ3) is 4.88. The highest BCUT2D eigenvalue weighted by molar-refractivity contribution is 5.91. The van der Waals surface area contributed by atoms with Crippen LogP contribution in [0.25, 0.3) is 0 Å². The maximum Gasteiger partial charge on any atom is 0.292 e. The van der Waals surface area contributed by atoms with Crippen LogP contribution in [0.2, 0.25) is 0 Å². The van der Waals surface area contributed by atoms with Gasteiger partial charge >= 0.3 is 0 Å². The molecule has 0 spiro atoms. The zero-order chi connectivity index (χ0) is 18.5. The van der Waals surface area contributed by atoms with Crippen LogP contribution >= 0.6 is 0 Å². The zero-order valence-electron chi connectivity index (χ0n) is 15.6. The molecule has 0 unspecified atom stereocenters. The molecule has 7 nitrogen and oxygen atoms in total. The number of aryl methyl sites for hydroxylation is 2. The fourth-order valence-corrected chi connectivity index (χ4v) is 3.12. The van der Waals surface area contributed by atoms with E-state index in [2.05, 4.69) is 29.0 Å². The van der Waals surface area contributed by atoms with Crippen molar-refractivity contribution in [1.29, 1.82) is 0 Å². The fourth-order valence-electron chi connectivity index (χ4n) is 3.12. The summed E-state index contributed by atoms with van der Waals surface area (Å²) >= 11 is 0. The van der Waals surface area contributed by atoms with Crippen LogP contribution in [-0.4, -0.2) is 51.7 Å². The minimum absolute atomic E-state index is 0.000951. The van der Waals surface area contributed by atoms with Crippen LogP contribution in [0, 0.1) is 12.8 Å². The molecule has 0 radical (unpaired) electrons. The lowest BCUT2D eigenvalue weighted by atomic mass is 10.1. The molecule has 0 aromatic carbocycles. The van der Waals surface area contributed by atoms with E-state index in [0.717, 1.165) is 36.3 Å². The van der Waals surface area contributed by atoms with E-state index in [0.29, 0.717) is 31.4 Å². The lowest BCUT2D eigenvalue weighted by molar-refractivity contribution is -0.0258. The summed E-state index contributed by atoms with van der Waals surface area (Å²) in [5, 5.41) is 4.01. The molecule has 1 saturated heterocycles. The molecule has 0 aliphatic carbocycles. The number of nitrogens with zero attached hydrogens (tertiary/aromatic N) is 4. The molecular weight excluding hydrogens is 332 g/mol. The summed E-state index contributed by atoms with van der Waals surface area (Å²) in [6, 6.07) is 3.74. The number of amides is 1. The van der Waals surface area contributed by atoms with Crippen LogP contribution in [0.15, 0.2) is 23.0 Å². The van der Waals surface area contributed by atoms with Gasteiger partial charge in [-0.1, -0.05) is 19.0 Å². The quantitative estimate of drug-likeness (QED) is 0.789. The van der Waals surface area contributed by atoms with Crippen LogP contribution in [0.5, 0.6) is 0 Å². The Morgan fingerprint density at radius 1 is 1.31 bits per heavy atom. The predicted molar refractivity (Wildman–Crippen MR) is 95.8 cm³/mol. The molecule has 1 aliphatic rings. The molecule has 26 heavy (non-hydrogen) atoms. The molecule has 2 aromatic rings. The summed E-state index contributed by atoms with van der Waals surface area (Å²) in [5.41, 5.74) is 2.78. The van der Waals surface area contributed by atoms with Crippen LogP contribution < -0.4 is 0 Å². The van der Waals surface area contributed by atoms with Crippen LogP contribution in [0.4, 0.5) is 0 Å². The van der Waals surface area contributed by atoms with Gasteiger partial charge in [-0.3, -0.25) is 4.79 Å². The van der Waals surface area contributed by atoms with E-state index in [1.807, 2.05) is 13.0 Å². The zero-order valence-corrected chi connectivity index (χ0v) is 15.6. The highest BCUT2D eigenvalue weighted by Gasteiger charge is 2.27. The number of aromatic nitrogens is 3. The van der Waals surface area contributed by atoms with Gasteiger partial charge in [-0.25, -0.2) is 9.97 Å². The van der Waals surface area contributed by atoms with Crippen LogP contribution in [0.1, 0.15) is 47.9 Å². The minimum Gasteiger partial charge on any atom is -0.375 e. The molecule has 0 N–H and O–H groups in total. The van der Waals surface area contributed by atoms with Crippen molar-refractivity contribution < 1.29 is 14.1 Å². The Morgan fingerprint density at radius 2 is 2.15 bits per heavy atom. The number of rotatable bonds is 6. The van der Waals surface area contributed by atoms with Gasteiger partial charge in [0.1, 0.15) is 6.33 Å². The number of carbonyl (C=O) groups is 1. The van der Waals surface area contributed by atoms with E-state index in [-0.39, 0.29) is 12.0 Å². The molecule has 0 saturated carbocycles. The number of hydrogen-bond acceptors (Lipinski definition) is 6. The van der Waals surface area contributed by atoms with Crippen molar-refractivity contribution in [1.82, 2.24) is 20.0 Å². The first-order chi connectivity index (χ1) is 12.5. The summed E-state index contributed by atoms with van der Waals surface area (Å²) in [7, 11) is 0. The molecule has 3 rings (SSSR count). The van der Waals surface area contributed by atoms with Gasteiger partial charge in [0.05, 0.1) is 18.4 Å². The van der Waals surface area contributed by atoms with Crippen LogP contribution in [0.3, 0.4) is 0 Å². The van der Waals surface area contributed by atoms with Gasteiger partial charge in [0.2, 0.25) is 5.76 Å². The predicted octanol–water partition coefficient (Wildman–Crippen LogP) is 2.45. The summed E-state index contributed by atoms with van der Waals surface area (Å²) in [5.74, 6) is 0.674. The Hall–Kier alpha value is -2.28. The summed E-state index contributed by atoms with van der Waals surface area (Å²) in [6.45, 7) is 7.84. The average Bonchev–Trinajstić information content (AvgIpc) is 3.07. The summed E-state index contributed by atoms with van der Waals surface area (Å²) in [4.78, 5) is 22.9. The van der Waals surface area contributed by atoms with Gasteiger partial charge in [-0.2, -0.15) is 0 Å². The lowest BCUT2D eigenvalue weighted by Crippen LogP contribution is -2.45. The van der Waals surface area contributed by atoms with Crippen molar-refractivity contribution >= 4 is 5.91 Å². The van der Waals surface area contributed by atoms with Crippen molar-refractivity contribution in [3.8, 4) is 0 Å². The number of carbonyl (C=O) groups excluding carboxylic acids is 1. The molecule has 2 aromatic heterocycles. The largest absolute Gasteiger partial charge is 0.375 e. The van der Waals surface area contributed by atoms with Gasteiger partial charge in [-0.15, -0.1) is 0 Å². The van der Waals surface area contributed by atoms with E-state index >= 15 is 0 Å². The topological polar surface area (TPSA) is 81.4 Å². The molecule has 1 fully saturated rings. The van der Waals surface area contributed by atoms with Gasteiger partial charge in [0.25, 0.3) is 5.91 Å². The fraction of sp³-hybridized carbons (Fsp3) is 0.579. The molecule has 140 valence electrons. The highest BCUT2D eigenvalue weighted by atomic mass is 16.5.